The molecule has 0 aromatic carbocycles. The van der Waals surface area contributed by atoms with Gasteiger partial charge < -0.3 is 15.5 Å². The van der Waals surface area contributed by atoms with Crippen LogP contribution < -0.4 is 10.6 Å². The molecule has 0 atom stereocenters. The Bertz CT molecular complexity index is 886. The number of nitrogen functional groups attached to an aromatic ring is 1. The molecule has 4 heterocycles. The van der Waals surface area contributed by atoms with Gasteiger partial charge in [-0.3, -0.25) is 9.69 Å². The lowest BCUT2D eigenvalue weighted by Gasteiger charge is -2.42. The number of aromatic nitrogens is 2. The van der Waals surface area contributed by atoms with E-state index in [1.54, 1.807) is 18.3 Å². The molecule has 2 N–H and O–H groups in total. The van der Waals surface area contributed by atoms with Crippen molar-refractivity contribution in [1.82, 2.24) is 19.8 Å². The number of ketones is 1. The van der Waals surface area contributed by atoms with E-state index in [1.807, 2.05) is 12.1 Å². The van der Waals surface area contributed by atoms with Crippen LogP contribution in [-0.4, -0.2) is 77.9 Å². The molecule has 0 saturated carbocycles. The van der Waals surface area contributed by atoms with E-state index in [0.29, 0.717) is 17.3 Å². The molecule has 29 heavy (non-hydrogen) atoms. The lowest BCUT2D eigenvalue weighted by Crippen LogP contribution is -2.53. The van der Waals surface area contributed by atoms with Crippen molar-refractivity contribution < 1.29 is 7.65 Å². The average Bonchev–Trinajstić information content (AvgIpc) is 2.76. The number of piperazine rings is 1. The maximum absolute atomic E-state index is 12.9. The smallest absolute Gasteiger partial charge is 0.215 e. The van der Waals surface area contributed by atoms with Gasteiger partial charge in [0.2, 0.25) is 5.78 Å². The molecule has 2 aromatic heterocycles. The molecule has 0 radical (unpaired) electrons. The Hall–Kier alpha value is -2.03. The van der Waals surface area contributed by atoms with Crippen LogP contribution in [0.2, 0.25) is 0 Å². The number of nitrogens with zero attached hydrogens (tertiary/aromatic N) is 5. The molecule has 2 fully saturated rings. The number of carbonyl (C=O) groups is 1. The summed E-state index contributed by atoms with van der Waals surface area (Å²) in [6.07, 6.45) is 4.08. The van der Waals surface area contributed by atoms with Gasteiger partial charge >= 0.3 is 0 Å². The Morgan fingerprint density at radius 1 is 1.17 bits per heavy atom. The van der Waals surface area contributed by atoms with Gasteiger partial charge in [0, 0.05) is 45.7 Å². The third kappa shape index (κ3) is 4.60. The van der Waals surface area contributed by atoms with E-state index in [4.69, 9.17) is 5.73 Å². The molecular formula is C21H31BrN6O. The second-order valence-corrected chi connectivity index (χ2v) is 8.77. The highest BCUT2D eigenvalue weighted by molar-refractivity contribution is 9.10. The number of hydrogen-bond acceptors (Lipinski definition) is 7. The minimum atomic E-state index is -0.205. The van der Waals surface area contributed by atoms with Crippen molar-refractivity contribution in [3.05, 3.63) is 46.2 Å². The molecule has 7 nitrogen and oxygen atoms in total. The highest BCUT2D eigenvalue weighted by Gasteiger charge is 2.27. The lowest BCUT2D eigenvalue weighted by atomic mass is 10.0. The molecule has 0 spiro atoms. The van der Waals surface area contributed by atoms with Crippen LogP contribution in [0.25, 0.3) is 0 Å². The molecule has 2 aromatic rings. The van der Waals surface area contributed by atoms with Crippen molar-refractivity contribution in [1.29, 1.82) is 0 Å². The molecule has 8 heteroatoms. The van der Waals surface area contributed by atoms with Gasteiger partial charge in [-0.2, -0.15) is 0 Å². The van der Waals surface area contributed by atoms with E-state index in [9.17, 15) is 4.79 Å². The second-order valence-electron chi connectivity index (χ2n) is 7.85. The summed E-state index contributed by atoms with van der Waals surface area (Å²) in [7, 11) is 2.20. The molecule has 2 aliphatic rings. The van der Waals surface area contributed by atoms with Crippen molar-refractivity contribution in [2.24, 2.45) is 0 Å². The number of rotatable bonds is 4. The second kappa shape index (κ2) is 8.77. The van der Waals surface area contributed by atoms with Gasteiger partial charge in [-0.25, -0.2) is 9.97 Å². The van der Waals surface area contributed by atoms with Gasteiger partial charge in [0.1, 0.15) is 17.3 Å². The number of nitrogens with two attached hydrogens (primary N) is 1. The van der Waals surface area contributed by atoms with Gasteiger partial charge in [-0.15, -0.1) is 0 Å². The van der Waals surface area contributed by atoms with E-state index in [0.717, 1.165) is 36.5 Å². The Labute approximate surface area is 183 Å². The fourth-order valence-electron chi connectivity index (χ4n) is 4.17. The Balaban J connectivity index is 0.00000171. The monoisotopic (exact) mass is 462 g/mol. The predicted octanol–water partition coefficient (Wildman–Crippen LogP) is 2.76. The van der Waals surface area contributed by atoms with E-state index in [-0.39, 0.29) is 14.5 Å². The van der Waals surface area contributed by atoms with Gasteiger partial charge in [-0.1, -0.05) is 6.07 Å². The number of halogens is 1. The van der Waals surface area contributed by atoms with Crippen LogP contribution >= 0.6 is 15.9 Å². The number of pyridine rings is 2. The quantitative estimate of drug-likeness (QED) is 0.699. The summed E-state index contributed by atoms with van der Waals surface area (Å²) in [5.41, 5.74) is 6.67. The maximum atomic E-state index is 12.9. The number of hydrogen-bond donors (Lipinski definition) is 1. The van der Waals surface area contributed by atoms with Crippen LogP contribution in [0.15, 0.2) is 34.9 Å². The van der Waals surface area contributed by atoms with Crippen LogP contribution in [0.4, 0.5) is 11.6 Å². The van der Waals surface area contributed by atoms with Gasteiger partial charge in [0.05, 0.1) is 5.56 Å². The van der Waals surface area contributed by atoms with Crippen LogP contribution in [0.3, 0.4) is 0 Å². The fourth-order valence-corrected chi connectivity index (χ4v) is 4.50. The summed E-state index contributed by atoms with van der Waals surface area (Å²) in [6, 6.07) is 7.99. The number of anilines is 2. The zero-order valence-corrected chi connectivity index (χ0v) is 18.3. The molecule has 158 valence electrons. The largest absolute Gasteiger partial charge is 0.383 e. The first-order valence-corrected chi connectivity index (χ1v) is 10.9. The zero-order chi connectivity index (χ0) is 20.4. The summed E-state index contributed by atoms with van der Waals surface area (Å²) < 4.78 is 0.719. The van der Waals surface area contributed by atoms with Gasteiger partial charge in [-0.05, 0) is 67.1 Å². The molecule has 4 rings (SSSR count). The van der Waals surface area contributed by atoms with Crippen molar-refractivity contribution in [3.8, 4) is 0 Å². The van der Waals surface area contributed by atoms with E-state index in [2.05, 4.69) is 47.6 Å². The number of piperidine rings is 1. The minimum Gasteiger partial charge on any atom is -0.383 e. The van der Waals surface area contributed by atoms with Gasteiger partial charge in [0.15, 0.2) is 0 Å². The topological polar surface area (TPSA) is 78.6 Å². The third-order valence-corrected chi connectivity index (χ3v) is 6.37. The van der Waals surface area contributed by atoms with Crippen LogP contribution in [0.5, 0.6) is 0 Å². The van der Waals surface area contributed by atoms with E-state index < -0.39 is 0 Å². The summed E-state index contributed by atoms with van der Waals surface area (Å²) in [4.78, 5) is 28.9. The summed E-state index contributed by atoms with van der Waals surface area (Å²) >= 11 is 3.35. The van der Waals surface area contributed by atoms with Crippen LogP contribution in [-0.2, 0) is 0 Å². The fraction of sp³-hybridized carbons (Fsp3) is 0.476. The van der Waals surface area contributed by atoms with Crippen LogP contribution in [0.1, 0.15) is 31.7 Å². The maximum Gasteiger partial charge on any atom is 0.215 e. The number of likely N-dealkylation sites (tertiary alicyclic amines) is 1. The zero-order valence-electron chi connectivity index (χ0n) is 16.7. The highest BCUT2D eigenvalue weighted by Crippen LogP contribution is 2.22. The standard InChI is InChI=1S/C21H27BrN6O.2H2/c1-26-7-5-16(6-8-26)27-9-11-28(12-10-27)19-4-2-3-18(25-19)20(29)17-13-15(22)14-24-21(17)23;;/h2-4,13-14,16H,5-12H2,1H3,(H2,23,24);2*1H. The predicted molar refractivity (Wildman–Crippen MR) is 123 cm³/mol. The Kier molecular flexibility index (Phi) is 6.12. The third-order valence-electron chi connectivity index (χ3n) is 5.94. The van der Waals surface area contributed by atoms with Crippen molar-refractivity contribution in [2.45, 2.75) is 18.9 Å². The number of carbonyl (C=O) groups excluding carboxylic acids is 1. The average molecular weight is 463 g/mol. The summed E-state index contributed by atoms with van der Waals surface area (Å²) in [6.45, 7) is 6.30. The molecule has 0 bridgehead atoms. The van der Waals surface area contributed by atoms with E-state index in [1.165, 1.54) is 25.9 Å². The Morgan fingerprint density at radius 3 is 2.62 bits per heavy atom. The molecule has 0 aliphatic carbocycles. The minimum absolute atomic E-state index is 0. The molecule has 2 saturated heterocycles. The SMILES string of the molecule is CN1CCC(N2CCN(c3cccc(C(=O)c4cc(Br)cnc4N)n3)CC2)CC1.[HH].[HH]. The van der Waals surface area contributed by atoms with Crippen molar-refractivity contribution >= 4 is 33.3 Å². The molecule has 0 amide bonds. The first-order chi connectivity index (χ1) is 14.0. The first kappa shape index (κ1) is 20.3. The highest BCUT2D eigenvalue weighted by atomic mass is 79.9. The molecule has 0 unspecified atom stereocenters. The van der Waals surface area contributed by atoms with Crippen molar-refractivity contribution in [2.75, 3.05) is 56.9 Å². The van der Waals surface area contributed by atoms with Crippen LogP contribution in [0, 0.1) is 0 Å². The summed E-state index contributed by atoms with van der Waals surface area (Å²) in [5, 5.41) is 0. The molecular weight excluding hydrogens is 432 g/mol. The van der Waals surface area contributed by atoms with Gasteiger partial charge in [0.25, 0.3) is 0 Å². The summed E-state index contributed by atoms with van der Waals surface area (Å²) in [5.74, 6) is 0.862. The molecule has 2 aliphatic heterocycles. The van der Waals surface area contributed by atoms with Crippen molar-refractivity contribution in [3.63, 3.8) is 0 Å². The Morgan fingerprint density at radius 2 is 1.90 bits per heavy atom. The first-order valence-electron chi connectivity index (χ1n) is 10.1. The normalized spacial score (nSPS) is 19.4. The van der Waals surface area contributed by atoms with E-state index >= 15 is 0 Å². The lowest BCUT2D eigenvalue weighted by molar-refractivity contribution is 0.103.